The van der Waals surface area contributed by atoms with Crippen LogP contribution in [0, 0.1) is 20.8 Å². The van der Waals surface area contributed by atoms with Crippen molar-refractivity contribution in [2.24, 2.45) is 7.05 Å². The fourth-order valence-corrected chi connectivity index (χ4v) is 3.54. The normalized spacial score (nSPS) is 11.3. The van der Waals surface area contributed by atoms with Gasteiger partial charge in [-0.2, -0.15) is 5.10 Å². The van der Waals surface area contributed by atoms with Crippen LogP contribution in [0.2, 0.25) is 0 Å². The van der Waals surface area contributed by atoms with Crippen molar-refractivity contribution in [3.8, 4) is 5.75 Å². The fourth-order valence-electron chi connectivity index (χ4n) is 3.54. The molecule has 1 N–H and O–H groups in total. The van der Waals surface area contributed by atoms with Crippen LogP contribution in [0.1, 0.15) is 33.8 Å². The van der Waals surface area contributed by atoms with Gasteiger partial charge >= 0.3 is 0 Å². The maximum absolute atomic E-state index is 5.92. The third kappa shape index (κ3) is 4.17. The van der Waals surface area contributed by atoms with Gasteiger partial charge in [0.25, 0.3) is 0 Å². The van der Waals surface area contributed by atoms with Crippen LogP contribution in [0.5, 0.6) is 5.75 Å². The van der Waals surface area contributed by atoms with E-state index in [4.69, 9.17) is 4.74 Å². The Kier molecular flexibility index (Phi) is 5.36. The lowest BCUT2D eigenvalue weighted by atomic mass is 10.2. The molecule has 0 spiro atoms. The zero-order valence-corrected chi connectivity index (χ0v) is 17.4. The molecule has 0 aliphatic heterocycles. The highest BCUT2D eigenvalue weighted by atomic mass is 16.5. The van der Waals surface area contributed by atoms with E-state index in [-0.39, 0.29) is 0 Å². The molecule has 29 heavy (non-hydrogen) atoms. The van der Waals surface area contributed by atoms with Crippen LogP contribution in [0.3, 0.4) is 0 Å². The van der Waals surface area contributed by atoms with Crippen LogP contribution in [0.4, 0.5) is 0 Å². The first-order chi connectivity index (χ1) is 14.0. The molecule has 0 unspecified atom stereocenters. The number of aromatic nitrogens is 4. The van der Waals surface area contributed by atoms with Crippen molar-refractivity contribution in [1.29, 1.82) is 0 Å². The maximum atomic E-state index is 5.92. The molecule has 1 aromatic carbocycles. The first-order valence-electron chi connectivity index (χ1n) is 9.86. The fraction of sp³-hybridized carbons (Fsp3) is 0.304. The van der Waals surface area contributed by atoms with Gasteiger partial charge in [0.2, 0.25) is 0 Å². The molecule has 3 aromatic heterocycles. The summed E-state index contributed by atoms with van der Waals surface area (Å²) >= 11 is 0. The number of nitrogens with zero attached hydrogens (tertiary/aromatic N) is 4. The molecular formula is C23H27N5O. The zero-order valence-electron chi connectivity index (χ0n) is 17.4. The second-order valence-corrected chi connectivity index (χ2v) is 7.46. The summed E-state index contributed by atoms with van der Waals surface area (Å²) in [6, 6.07) is 12.3. The van der Waals surface area contributed by atoms with Gasteiger partial charge in [-0.1, -0.05) is 18.2 Å². The Hall–Kier alpha value is -3.12. The van der Waals surface area contributed by atoms with E-state index in [0.29, 0.717) is 6.61 Å². The van der Waals surface area contributed by atoms with Gasteiger partial charge in [0.1, 0.15) is 18.0 Å². The summed E-state index contributed by atoms with van der Waals surface area (Å²) < 4.78 is 9.89. The van der Waals surface area contributed by atoms with Crippen molar-refractivity contribution in [3.05, 3.63) is 82.6 Å². The molecule has 6 heteroatoms. The molecule has 150 valence electrons. The van der Waals surface area contributed by atoms with E-state index in [0.717, 1.165) is 41.4 Å². The lowest BCUT2D eigenvalue weighted by Gasteiger charge is -2.08. The number of rotatable bonds is 7. The smallest absolute Gasteiger partial charge is 0.140 e. The summed E-state index contributed by atoms with van der Waals surface area (Å²) in [4.78, 5) is 4.65. The SMILES string of the molecule is Cc1nn(C)c(C)c1CNCc1ccc(OCc2cn3cccc(C)c3n2)cc1. The lowest BCUT2D eigenvalue weighted by Crippen LogP contribution is -2.13. The molecule has 0 fully saturated rings. The highest BCUT2D eigenvalue weighted by molar-refractivity contribution is 5.47. The van der Waals surface area contributed by atoms with Crippen molar-refractivity contribution in [2.45, 2.75) is 40.5 Å². The molecule has 0 saturated heterocycles. The van der Waals surface area contributed by atoms with Crippen LogP contribution in [0.25, 0.3) is 5.65 Å². The number of fused-ring (bicyclic) bond motifs is 1. The van der Waals surface area contributed by atoms with E-state index in [1.165, 1.54) is 16.8 Å². The van der Waals surface area contributed by atoms with Gasteiger partial charge < -0.3 is 14.5 Å². The minimum absolute atomic E-state index is 0.457. The number of imidazole rings is 1. The minimum atomic E-state index is 0.457. The summed E-state index contributed by atoms with van der Waals surface area (Å²) in [7, 11) is 1.98. The second kappa shape index (κ2) is 8.09. The predicted octanol–water partition coefficient (Wildman–Crippen LogP) is 3.86. The van der Waals surface area contributed by atoms with Gasteiger partial charge in [-0.15, -0.1) is 0 Å². The van der Waals surface area contributed by atoms with Crippen LogP contribution in [-0.4, -0.2) is 19.2 Å². The number of benzene rings is 1. The summed E-state index contributed by atoms with van der Waals surface area (Å²) in [5.41, 5.74) is 7.85. The first kappa shape index (κ1) is 19.2. The molecule has 0 amide bonds. The Bertz CT molecular complexity index is 1120. The molecule has 0 aliphatic rings. The number of aryl methyl sites for hydroxylation is 3. The van der Waals surface area contributed by atoms with Crippen LogP contribution in [0.15, 0.2) is 48.8 Å². The van der Waals surface area contributed by atoms with Gasteiger partial charge in [-0.3, -0.25) is 4.68 Å². The summed E-state index contributed by atoms with van der Waals surface area (Å²) in [6.07, 6.45) is 4.03. The van der Waals surface area contributed by atoms with E-state index in [2.05, 4.69) is 54.4 Å². The quantitative estimate of drug-likeness (QED) is 0.521. The Balaban J connectivity index is 1.31. The third-order valence-corrected chi connectivity index (χ3v) is 5.33. The Morgan fingerprint density at radius 2 is 1.83 bits per heavy atom. The predicted molar refractivity (Wildman–Crippen MR) is 114 cm³/mol. The van der Waals surface area contributed by atoms with Crippen LogP contribution < -0.4 is 10.1 Å². The molecule has 0 atom stereocenters. The monoisotopic (exact) mass is 389 g/mol. The summed E-state index contributed by atoms with van der Waals surface area (Å²) in [5, 5.41) is 7.97. The summed E-state index contributed by atoms with van der Waals surface area (Å²) in [5.74, 6) is 0.849. The number of nitrogens with one attached hydrogen (secondary N) is 1. The van der Waals surface area contributed by atoms with E-state index < -0.39 is 0 Å². The van der Waals surface area contributed by atoms with Gasteiger partial charge in [0, 0.05) is 43.8 Å². The average Bonchev–Trinajstić information content (AvgIpc) is 3.24. The molecule has 6 nitrogen and oxygen atoms in total. The highest BCUT2D eigenvalue weighted by Crippen LogP contribution is 2.16. The largest absolute Gasteiger partial charge is 0.487 e. The van der Waals surface area contributed by atoms with E-state index >= 15 is 0 Å². The molecule has 4 rings (SSSR count). The van der Waals surface area contributed by atoms with Crippen molar-refractivity contribution in [2.75, 3.05) is 0 Å². The zero-order chi connectivity index (χ0) is 20.4. The van der Waals surface area contributed by atoms with Crippen LogP contribution in [-0.2, 0) is 26.7 Å². The Morgan fingerprint density at radius 3 is 2.52 bits per heavy atom. The highest BCUT2D eigenvalue weighted by Gasteiger charge is 2.08. The molecule has 4 aromatic rings. The van der Waals surface area contributed by atoms with E-state index in [9.17, 15) is 0 Å². The summed E-state index contributed by atoms with van der Waals surface area (Å²) in [6.45, 7) is 8.31. The molecular weight excluding hydrogens is 362 g/mol. The lowest BCUT2D eigenvalue weighted by molar-refractivity contribution is 0.302. The van der Waals surface area contributed by atoms with E-state index in [1.807, 2.05) is 46.7 Å². The number of hydrogen-bond acceptors (Lipinski definition) is 4. The molecule has 0 bridgehead atoms. The van der Waals surface area contributed by atoms with Crippen LogP contribution >= 0.6 is 0 Å². The second-order valence-electron chi connectivity index (χ2n) is 7.46. The molecule has 0 radical (unpaired) electrons. The van der Waals surface area contributed by atoms with Gasteiger partial charge in [-0.05, 0) is 50.1 Å². The van der Waals surface area contributed by atoms with Gasteiger partial charge in [0.15, 0.2) is 0 Å². The molecule has 3 heterocycles. The Labute approximate surface area is 171 Å². The van der Waals surface area contributed by atoms with Crippen molar-refractivity contribution < 1.29 is 4.74 Å². The topological polar surface area (TPSA) is 56.4 Å². The minimum Gasteiger partial charge on any atom is -0.487 e. The number of ether oxygens (including phenoxy) is 1. The Morgan fingerprint density at radius 1 is 1.03 bits per heavy atom. The van der Waals surface area contributed by atoms with Crippen molar-refractivity contribution >= 4 is 5.65 Å². The average molecular weight is 390 g/mol. The molecule has 0 saturated carbocycles. The third-order valence-electron chi connectivity index (χ3n) is 5.33. The number of pyridine rings is 1. The standard InChI is InChI=1S/C23H27N5O/c1-16-6-5-11-28-14-20(25-23(16)28)15-29-21-9-7-19(8-10-21)12-24-13-22-17(2)26-27(4)18(22)3/h5-11,14,24H,12-13,15H2,1-4H3. The van der Waals surface area contributed by atoms with Gasteiger partial charge in [0.05, 0.1) is 11.4 Å². The first-order valence-corrected chi connectivity index (χ1v) is 9.86. The van der Waals surface area contributed by atoms with E-state index in [1.54, 1.807) is 0 Å². The number of hydrogen-bond donors (Lipinski definition) is 1. The van der Waals surface area contributed by atoms with Crippen molar-refractivity contribution in [1.82, 2.24) is 24.5 Å². The molecule has 0 aliphatic carbocycles. The van der Waals surface area contributed by atoms with Gasteiger partial charge in [-0.25, -0.2) is 4.98 Å². The maximum Gasteiger partial charge on any atom is 0.140 e. The van der Waals surface area contributed by atoms with Crippen molar-refractivity contribution in [3.63, 3.8) is 0 Å².